The van der Waals surface area contributed by atoms with Crippen LogP contribution < -0.4 is 14.2 Å². The number of Topliss-reactive ketones (excluding diaryl/α,β-unsaturated/α-hetero) is 1. The Morgan fingerprint density at radius 2 is 1.65 bits per heavy atom. The number of benzene rings is 3. The smallest absolute Gasteiger partial charge is 0.295 e. The van der Waals surface area contributed by atoms with Crippen LogP contribution in [0.1, 0.15) is 62.3 Å². The van der Waals surface area contributed by atoms with E-state index in [9.17, 15) is 14.7 Å². The van der Waals surface area contributed by atoms with E-state index in [1.54, 1.807) is 43.5 Å². The third-order valence-electron chi connectivity index (χ3n) is 6.82. The maximum Gasteiger partial charge on any atom is 0.295 e. The van der Waals surface area contributed by atoms with Crippen LogP contribution in [-0.2, 0) is 16.1 Å². The normalized spacial score (nSPS) is 16.3. The molecular weight excluding hydrogens is 506 g/mol. The van der Waals surface area contributed by atoms with Crippen LogP contribution in [0.4, 0.5) is 0 Å². The van der Waals surface area contributed by atoms with Gasteiger partial charge in [-0.1, -0.05) is 75.2 Å². The number of aliphatic hydroxyl groups excluding tert-OH is 1. The number of ketones is 1. The molecule has 1 fully saturated rings. The molecule has 0 spiro atoms. The van der Waals surface area contributed by atoms with Gasteiger partial charge in [0, 0.05) is 12.1 Å². The fraction of sp³-hybridized carbons (Fsp3) is 0.333. The van der Waals surface area contributed by atoms with Crippen LogP contribution in [0.2, 0.25) is 0 Å². The molecule has 40 heavy (non-hydrogen) atoms. The molecule has 210 valence electrons. The monoisotopic (exact) mass is 543 g/mol. The van der Waals surface area contributed by atoms with E-state index in [0.717, 1.165) is 31.2 Å². The number of nitrogens with zero attached hydrogens (tertiary/aromatic N) is 1. The van der Waals surface area contributed by atoms with Gasteiger partial charge in [-0.15, -0.1) is 0 Å². The quantitative estimate of drug-likeness (QED) is 0.112. The zero-order valence-corrected chi connectivity index (χ0v) is 23.4. The van der Waals surface area contributed by atoms with E-state index < -0.39 is 17.7 Å². The molecule has 1 aliphatic rings. The Balaban J connectivity index is 1.79. The van der Waals surface area contributed by atoms with Gasteiger partial charge in [-0.2, -0.15) is 0 Å². The predicted molar refractivity (Wildman–Crippen MR) is 155 cm³/mol. The molecule has 1 atom stereocenters. The minimum Gasteiger partial charge on any atom is -0.507 e. The molecule has 1 N–H and O–H groups in total. The van der Waals surface area contributed by atoms with E-state index in [4.69, 9.17) is 14.2 Å². The van der Waals surface area contributed by atoms with Gasteiger partial charge >= 0.3 is 0 Å². The van der Waals surface area contributed by atoms with Gasteiger partial charge in [-0.3, -0.25) is 9.59 Å². The Labute approximate surface area is 236 Å². The Bertz CT molecular complexity index is 1350. The fourth-order valence-electron chi connectivity index (χ4n) is 4.79. The highest BCUT2D eigenvalue weighted by Gasteiger charge is 2.46. The van der Waals surface area contributed by atoms with Crippen LogP contribution in [-0.4, -0.2) is 42.0 Å². The van der Waals surface area contributed by atoms with Gasteiger partial charge in [0.1, 0.15) is 11.5 Å². The SMILES string of the molecule is CCCCCOc1ccc(C2/C(=C(\O)c3cccc(OCCC)c3)C(=O)C(=O)N2Cc2ccccc2)cc1OC. The molecule has 0 aliphatic carbocycles. The predicted octanol–water partition coefficient (Wildman–Crippen LogP) is 6.67. The number of amides is 1. The number of hydrogen-bond acceptors (Lipinski definition) is 6. The van der Waals surface area contributed by atoms with Crippen LogP contribution in [0.25, 0.3) is 5.76 Å². The first-order valence-electron chi connectivity index (χ1n) is 13.8. The van der Waals surface area contributed by atoms with Gasteiger partial charge in [0.05, 0.1) is 31.9 Å². The van der Waals surface area contributed by atoms with E-state index >= 15 is 0 Å². The summed E-state index contributed by atoms with van der Waals surface area (Å²) in [6.45, 7) is 5.43. The van der Waals surface area contributed by atoms with Crippen molar-refractivity contribution in [2.45, 2.75) is 52.1 Å². The highest BCUT2D eigenvalue weighted by molar-refractivity contribution is 6.46. The summed E-state index contributed by atoms with van der Waals surface area (Å²) in [5.74, 6) is -0.00542. The molecule has 0 bridgehead atoms. The molecule has 1 saturated heterocycles. The number of methoxy groups -OCH3 is 1. The first-order chi connectivity index (χ1) is 19.5. The number of unbranched alkanes of at least 4 members (excludes halogenated alkanes) is 2. The molecule has 7 nitrogen and oxygen atoms in total. The number of carbonyl (C=O) groups is 2. The van der Waals surface area contributed by atoms with Crippen LogP contribution in [0.5, 0.6) is 17.2 Å². The Morgan fingerprint density at radius 3 is 2.38 bits per heavy atom. The van der Waals surface area contributed by atoms with Crippen molar-refractivity contribution in [3.63, 3.8) is 0 Å². The lowest BCUT2D eigenvalue weighted by Crippen LogP contribution is -2.29. The van der Waals surface area contributed by atoms with Crippen molar-refractivity contribution in [2.75, 3.05) is 20.3 Å². The summed E-state index contributed by atoms with van der Waals surface area (Å²) in [6.07, 6.45) is 3.92. The maximum atomic E-state index is 13.5. The largest absolute Gasteiger partial charge is 0.507 e. The lowest BCUT2D eigenvalue weighted by molar-refractivity contribution is -0.140. The molecule has 1 amide bonds. The van der Waals surface area contributed by atoms with Crippen molar-refractivity contribution in [3.8, 4) is 17.2 Å². The van der Waals surface area contributed by atoms with E-state index in [-0.39, 0.29) is 17.9 Å². The molecule has 0 aromatic heterocycles. The second kappa shape index (κ2) is 13.7. The van der Waals surface area contributed by atoms with Gasteiger partial charge in [0.25, 0.3) is 11.7 Å². The molecule has 3 aromatic rings. The van der Waals surface area contributed by atoms with Crippen molar-refractivity contribution in [1.29, 1.82) is 0 Å². The molecule has 0 radical (unpaired) electrons. The van der Waals surface area contributed by atoms with Crippen molar-refractivity contribution in [2.24, 2.45) is 0 Å². The second-order valence-electron chi connectivity index (χ2n) is 9.75. The summed E-state index contributed by atoms with van der Waals surface area (Å²) in [4.78, 5) is 28.4. The lowest BCUT2D eigenvalue weighted by atomic mass is 9.94. The second-order valence-corrected chi connectivity index (χ2v) is 9.75. The van der Waals surface area contributed by atoms with Crippen LogP contribution in [0, 0.1) is 0 Å². The lowest BCUT2D eigenvalue weighted by Gasteiger charge is -2.26. The van der Waals surface area contributed by atoms with E-state index in [1.807, 2.05) is 43.3 Å². The first kappa shape index (κ1) is 28.7. The van der Waals surface area contributed by atoms with Crippen LogP contribution in [0.3, 0.4) is 0 Å². The third-order valence-corrected chi connectivity index (χ3v) is 6.82. The summed E-state index contributed by atoms with van der Waals surface area (Å²) in [6, 6.07) is 21.0. The first-order valence-corrected chi connectivity index (χ1v) is 13.8. The molecular formula is C33H37NO6. The number of rotatable bonds is 13. The van der Waals surface area contributed by atoms with Crippen LogP contribution >= 0.6 is 0 Å². The standard InChI is InChI=1S/C33H37NO6/c1-4-6-10-19-40-27-17-16-24(21-28(27)38-3)30-29(31(35)25-14-11-15-26(20-25)39-18-5-2)32(36)33(37)34(30)22-23-12-8-7-9-13-23/h7-9,11-17,20-21,30,35H,4-6,10,18-19,22H2,1-3H3/b31-29+. The molecule has 7 heteroatoms. The molecule has 4 rings (SSSR count). The van der Waals surface area contributed by atoms with Crippen LogP contribution in [0.15, 0.2) is 78.4 Å². The minimum absolute atomic E-state index is 0.0206. The summed E-state index contributed by atoms with van der Waals surface area (Å²) < 4.78 is 17.3. The number of ether oxygens (including phenoxy) is 3. The molecule has 3 aromatic carbocycles. The number of likely N-dealkylation sites (tertiary alicyclic amines) is 1. The average molecular weight is 544 g/mol. The van der Waals surface area contributed by atoms with Gasteiger partial charge in [-0.25, -0.2) is 0 Å². The zero-order chi connectivity index (χ0) is 28.5. The number of aliphatic hydroxyl groups is 1. The Morgan fingerprint density at radius 1 is 0.850 bits per heavy atom. The van der Waals surface area contributed by atoms with Crippen molar-refractivity contribution < 1.29 is 28.9 Å². The highest BCUT2D eigenvalue weighted by Crippen LogP contribution is 2.43. The van der Waals surface area contributed by atoms with E-state index in [0.29, 0.717) is 41.6 Å². The summed E-state index contributed by atoms with van der Waals surface area (Å²) >= 11 is 0. The average Bonchev–Trinajstić information content (AvgIpc) is 3.23. The molecule has 1 heterocycles. The van der Waals surface area contributed by atoms with Gasteiger partial charge < -0.3 is 24.2 Å². The summed E-state index contributed by atoms with van der Waals surface area (Å²) in [5, 5.41) is 11.5. The van der Waals surface area contributed by atoms with E-state index in [1.165, 1.54) is 4.90 Å². The van der Waals surface area contributed by atoms with E-state index in [2.05, 4.69) is 6.92 Å². The third kappa shape index (κ3) is 6.47. The van der Waals surface area contributed by atoms with Crippen molar-refractivity contribution in [1.82, 2.24) is 4.90 Å². The number of hydrogen-bond donors (Lipinski definition) is 1. The minimum atomic E-state index is -0.830. The summed E-state index contributed by atoms with van der Waals surface area (Å²) in [5.41, 5.74) is 1.92. The Hall–Kier alpha value is -4.26. The molecule has 1 unspecified atom stereocenters. The Kier molecular flexibility index (Phi) is 9.84. The zero-order valence-electron chi connectivity index (χ0n) is 23.4. The molecule has 1 aliphatic heterocycles. The van der Waals surface area contributed by atoms with Gasteiger partial charge in [0.15, 0.2) is 11.5 Å². The number of carbonyl (C=O) groups excluding carboxylic acids is 2. The highest BCUT2D eigenvalue weighted by atomic mass is 16.5. The van der Waals surface area contributed by atoms with Gasteiger partial charge in [-0.05, 0) is 48.2 Å². The molecule has 0 saturated carbocycles. The topological polar surface area (TPSA) is 85.3 Å². The van der Waals surface area contributed by atoms with Crippen molar-refractivity contribution in [3.05, 3.63) is 95.1 Å². The van der Waals surface area contributed by atoms with Crippen molar-refractivity contribution >= 4 is 17.4 Å². The summed E-state index contributed by atoms with van der Waals surface area (Å²) in [7, 11) is 1.56. The fourth-order valence-corrected chi connectivity index (χ4v) is 4.79. The maximum absolute atomic E-state index is 13.5. The van der Waals surface area contributed by atoms with Gasteiger partial charge in [0.2, 0.25) is 0 Å².